The molecule has 20 heavy (non-hydrogen) atoms. The van der Waals surface area contributed by atoms with Crippen LogP contribution in [0.25, 0.3) is 0 Å². The quantitative estimate of drug-likeness (QED) is 0.870. The molecule has 0 saturated heterocycles. The van der Waals surface area contributed by atoms with E-state index < -0.39 is 0 Å². The van der Waals surface area contributed by atoms with Crippen LogP contribution in [0.4, 0.5) is 0 Å². The number of amides is 1. The van der Waals surface area contributed by atoms with Crippen LogP contribution in [0.5, 0.6) is 0 Å². The maximum atomic E-state index is 12.1. The van der Waals surface area contributed by atoms with E-state index in [9.17, 15) is 4.79 Å². The molecule has 0 spiro atoms. The van der Waals surface area contributed by atoms with Gasteiger partial charge in [0.2, 0.25) is 0 Å². The number of nitrogens with zero attached hydrogens (tertiary/aromatic N) is 1. The van der Waals surface area contributed by atoms with Crippen molar-refractivity contribution in [2.75, 3.05) is 6.54 Å². The lowest BCUT2D eigenvalue weighted by Crippen LogP contribution is -2.25. The van der Waals surface area contributed by atoms with Gasteiger partial charge in [0.1, 0.15) is 5.69 Å². The number of carbonyl (C=O) groups excluding carboxylic acids is 1. The van der Waals surface area contributed by atoms with Crippen molar-refractivity contribution in [2.24, 2.45) is 12.8 Å². The highest BCUT2D eigenvalue weighted by Gasteiger charge is 2.10. The standard InChI is InChI=1S/C16H21N3O/c1-12-3-8-15(19(12)2)16(20)18-11-14-6-4-13(5-7-14)9-10-17/h3-8H,9-11,17H2,1-2H3,(H,18,20). The minimum atomic E-state index is -0.0494. The Morgan fingerprint density at radius 2 is 1.80 bits per heavy atom. The van der Waals surface area contributed by atoms with E-state index >= 15 is 0 Å². The first-order valence-electron chi connectivity index (χ1n) is 6.80. The molecule has 0 aliphatic rings. The van der Waals surface area contributed by atoms with Crippen LogP contribution >= 0.6 is 0 Å². The summed E-state index contributed by atoms with van der Waals surface area (Å²) in [6.07, 6.45) is 0.884. The molecular formula is C16H21N3O. The van der Waals surface area contributed by atoms with Gasteiger partial charge in [0.05, 0.1) is 0 Å². The number of carbonyl (C=O) groups is 1. The number of aromatic nitrogens is 1. The van der Waals surface area contributed by atoms with E-state index in [-0.39, 0.29) is 5.91 Å². The lowest BCUT2D eigenvalue weighted by molar-refractivity contribution is 0.0942. The summed E-state index contributed by atoms with van der Waals surface area (Å²) in [5.74, 6) is -0.0494. The maximum absolute atomic E-state index is 12.1. The van der Waals surface area contributed by atoms with Crippen molar-refractivity contribution in [1.82, 2.24) is 9.88 Å². The zero-order chi connectivity index (χ0) is 14.5. The van der Waals surface area contributed by atoms with Crippen LogP contribution in [-0.2, 0) is 20.0 Å². The van der Waals surface area contributed by atoms with Gasteiger partial charge in [-0.2, -0.15) is 0 Å². The average molecular weight is 271 g/mol. The Balaban J connectivity index is 1.95. The fraction of sp³-hybridized carbons (Fsp3) is 0.312. The van der Waals surface area contributed by atoms with Gasteiger partial charge in [-0.15, -0.1) is 0 Å². The Morgan fingerprint density at radius 1 is 1.15 bits per heavy atom. The highest BCUT2D eigenvalue weighted by Crippen LogP contribution is 2.07. The predicted octanol–water partition coefficient (Wildman–Crippen LogP) is 1.76. The highest BCUT2D eigenvalue weighted by molar-refractivity contribution is 5.92. The molecule has 0 unspecified atom stereocenters. The van der Waals surface area contributed by atoms with Gasteiger partial charge in [0, 0.05) is 19.3 Å². The van der Waals surface area contributed by atoms with E-state index in [4.69, 9.17) is 5.73 Å². The first-order chi connectivity index (χ1) is 9.61. The normalized spacial score (nSPS) is 10.6. The third-order valence-electron chi connectivity index (χ3n) is 3.51. The first-order valence-corrected chi connectivity index (χ1v) is 6.80. The lowest BCUT2D eigenvalue weighted by atomic mass is 10.1. The number of nitrogens with two attached hydrogens (primary N) is 1. The summed E-state index contributed by atoms with van der Waals surface area (Å²) >= 11 is 0. The lowest BCUT2D eigenvalue weighted by Gasteiger charge is -2.08. The van der Waals surface area contributed by atoms with Crippen LogP contribution < -0.4 is 11.1 Å². The monoisotopic (exact) mass is 271 g/mol. The second-order valence-corrected chi connectivity index (χ2v) is 4.96. The molecule has 4 heteroatoms. The van der Waals surface area contributed by atoms with Crippen molar-refractivity contribution >= 4 is 5.91 Å². The third-order valence-corrected chi connectivity index (χ3v) is 3.51. The molecule has 0 aliphatic heterocycles. The molecule has 0 atom stereocenters. The zero-order valence-electron chi connectivity index (χ0n) is 12.0. The number of aryl methyl sites for hydroxylation is 1. The maximum Gasteiger partial charge on any atom is 0.268 e. The summed E-state index contributed by atoms with van der Waals surface area (Å²) in [5.41, 5.74) is 9.58. The fourth-order valence-electron chi connectivity index (χ4n) is 2.10. The van der Waals surface area contributed by atoms with Gasteiger partial charge in [-0.25, -0.2) is 0 Å². The van der Waals surface area contributed by atoms with Gasteiger partial charge in [-0.05, 0) is 43.1 Å². The van der Waals surface area contributed by atoms with Crippen LogP contribution in [0.3, 0.4) is 0 Å². The minimum Gasteiger partial charge on any atom is -0.347 e. The van der Waals surface area contributed by atoms with Crippen molar-refractivity contribution < 1.29 is 4.79 Å². The molecule has 1 aromatic heterocycles. The Bertz CT molecular complexity index is 584. The van der Waals surface area contributed by atoms with Gasteiger partial charge in [0.25, 0.3) is 5.91 Å². The van der Waals surface area contributed by atoms with E-state index in [1.54, 1.807) is 0 Å². The molecule has 0 radical (unpaired) electrons. The van der Waals surface area contributed by atoms with E-state index in [1.807, 2.05) is 42.8 Å². The van der Waals surface area contributed by atoms with Gasteiger partial charge >= 0.3 is 0 Å². The van der Waals surface area contributed by atoms with Crippen molar-refractivity contribution in [2.45, 2.75) is 19.9 Å². The minimum absolute atomic E-state index is 0.0494. The summed E-state index contributed by atoms with van der Waals surface area (Å²) in [5, 5.41) is 2.94. The molecule has 2 aromatic rings. The van der Waals surface area contributed by atoms with Gasteiger partial charge in [-0.1, -0.05) is 24.3 Å². The number of rotatable bonds is 5. The topological polar surface area (TPSA) is 60.1 Å². The van der Waals surface area contributed by atoms with Crippen molar-refractivity contribution in [3.05, 3.63) is 58.9 Å². The molecule has 0 fully saturated rings. The molecule has 0 saturated carbocycles. The smallest absolute Gasteiger partial charge is 0.268 e. The summed E-state index contributed by atoms with van der Waals surface area (Å²) in [7, 11) is 1.89. The van der Waals surface area contributed by atoms with Crippen LogP contribution in [-0.4, -0.2) is 17.0 Å². The number of benzene rings is 1. The fourth-order valence-corrected chi connectivity index (χ4v) is 2.10. The Morgan fingerprint density at radius 3 is 2.35 bits per heavy atom. The summed E-state index contributed by atoms with van der Waals surface area (Å²) in [4.78, 5) is 12.1. The molecule has 0 bridgehead atoms. The molecule has 106 valence electrons. The Labute approximate surface area is 119 Å². The number of hydrogen-bond acceptors (Lipinski definition) is 2. The second-order valence-electron chi connectivity index (χ2n) is 4.96. The SMILES string of the molecule is Cc1ccc(C(=O)NCc2ccc(CCN)cc2)n1C. The van der Waals surface area contributed by atoms with Crippen molar-refractivity contribution in [1.29, 1.82) is 0 Å². The van der Waals surface area contributed by atoms with E-state index in [0.717, 1.165) is 17.7 Å². The van der Waals surface area contributed by atoms with Crippen molar-refractivity contribution in [3.8, 4) is 0 Å². The summed E-state index contributed by atoms with van der Waals surface area (Å²) in [6.45, 7) is 3.17. The molecule has 1 heterocycles. The molecule has 1 amide bonds. The van der Waals surface area contributed by atoms with E-state index in [0.29, 0.717) is 18.8 Å². The van der Waals surface area contributed by atoms with Crippen LogP contribution in [0.15, 0.2) is 36.4 Å². The summed E-state index contributed by atoms with van der Waals surface area (Å²) < 4.78 is 1.89. The second kappa shape index (κ2) is 6.39. The van der Waals surface area contributed by atoms with E-state index in [2.05, 4.69) is 17.4 Å². The van der Waals surface area contributed by atoms with Gasteiger partial charge in [0.15, 0.2) is 0 Å². The molecule has 4 nitrogen and oxygen atoms in total. The van der Waals surface area contributed by atoms with E-state index in [1.165, 1.54) is 5.56 Å². The summed E-state index contributed by atoms with van der Waals surface area (Å²) in [6, 6.07) is 12.0. The van der Waals surface area contributed by atoms with Crippen LogP contribution in [0.2, 0.25) is 0 Å². The third kappa shape index (κ3) is 3.27. The predicted molar refractivity (Wildman–Crippen MR) is 80.5 cm³/mol. The average Bonchev–Trinajstić information content (AvgIpc) is 2.78. The van der Waals surface area contributed by atoms with Crippen LogP contribution in [0, 0.1) is 6.92 Å². The molecule has 3 N–H and O–H groups in total. The molecule has 0 aliphatic carbocycles. The largest absolute Gasteiger partial charge is 0.347 e. The Kier molecular flexibility index (Phi) is 4.58. The van der Waals surface area contributed by atoms with Gasteiger partial charge < -0.3 is 15.6 Å². The molecular weight excluding hydrogens is 250 g/mol. The molecule has 1 aromatic carbocycles. The Hall–Kier alpha value is -2.07. The van der Waals surface area contributed by atoms with Crippen LogP contribution in [0.1, 0.15) is 27.3 Å². The first kappa shape index (κ1) is 14.3. The van der Waals surface area contributed by atoms with Gasteiger partial charge in [-0.3, -0.25) is 4.79 Å². The highest BCUT2D eigenvalue weighted by atomic mass is 16.1. The number of hydrogen-bond donors (Lipinski definition) is 2. The zero-order valence-corrected chi connectivity index (χ0v) is 12.0. The molecule has 2 rings (SSSR count). The number of nitrogens with one attached hydrogen (secondary N) is 1. The van der Waals surface area contributed by atoms with Crippen molar-refractivity contribution in [3.63, 3.8) is 0 Å².